The van der Waals surface area contributed by atoms with Crippen molar-refractivity contribution in [2.75, 3.05) is 0 Å². The van der Waals surface area contributed by atoms with Crippen molar-refractivity contribution in [1.82, 2.24) is 20.1 Å². The normalized spacial score (nSPS) is 13.8. The average molecular weight is 348 g/mol. The number of nitrogens with zero attached hydrogens (tertiary/aromatic N) is 3. The largest absolute Gasteiger partial charge is 0.302 e. The molecule has 1 aromatic carbocycles. The zero-order valence-corrected chi connectivity index (χ0v) is 15.1. The summed E-state index contributed by atoms with van der Waals surface area (Å²) in [5.74, 6) is 0. The van der Waals surface area contributed by atoms with Gasteiger partial charge in [-0.25, -0.2) is 4.68 Å². The Labute approximate surface area is 151 Å². The maximum absolute atomic E-state index is 4.54. The Kier molecular flexibility index (Phi) is 4.34. The third-order valence-electron chi connectivity index (χ3n) is 4.45. The van der Waals surface area contributed by atoms with Crippen LogP contribution in [0.2, 0.25) is 0 Å². The van der Waals surface area contributed by atoms with Gasteiger partial charge in [-0.3, -0.25) is 4.98 Å². The second-order valence-corrected chi connectivity index (χ2v) is 7.10. The summed E-state index contributed by atoms with van der Waals surface area (Å²) < 4.78 is 3.19. The Balaban J connectivity index is 1.55. The molecule has 0 fully saturated rings. The lowest BCUT2D eigenvalue weighted by molar-refractivity contribution is 0.489. The predicted molar refractivity (Wildman–Crippen MR) is 103 cm³/mol. The fourth-order valence-electron chi connectivity index (χ4n) is 3.12. The molecule has 2 atom stereocenters. The van der Waals surface area contributed by atoms with Crippen LogP contribution >= 0.6 is 11.3 Å². The smallest absolute Gasteiger partial charge is 0.0679 e. The first kappa shape index (κ1) is 16.0. The summed E-state index contributed by atoms with van der Waals surface area (Å²) in [5.41, 5.74) is 3.38. The van der Waals surface area contributed by atoms with Crippen molar-refractivity contribution in [3.05, 3.63) is 77.7 Å². The van der Waals surface area contributed by atoms with Gasteiger partial charge in [0.2, 0.25) is 0 Å². The van der Waals surface area contributed by atoms with Crippen molar-refractivity contribution in [2.45, 2.75) is 25.9 Å². The molecule has 0 saturated heterocycles. The summed E-state index contributed by atoms with van der Waals surface area (Å²) in [6, 6.07) is 14.9. The molecule has 1 N–H and O–H groups in total. The van der Waals surface area contributed by atoms with Gasteiger partial charge >= 0.3 is 0 Å². The van der Waals surface area contributed by atoms with Crippen molar-refractivity contribution in [2.24, 2.45) is 0 Å². The first-order chi connectivity index (χ1) is 12.2. The highest BCUT2D eigenvalue weighted by Crippen LogP contribution is 2.31. The van der Waals surface area contributed by atoms with Crippen molar-refractivity contribution in [1.29, 1.82) is 0 Å². The van der Waals surface area contributed by atoms with Crippen LogP contribution in [0.25, 0.3) is 15.8 Å². The minimum atomic E-state index is 0.143. The molecule has 0 aliphatic carbocycles. The first-order valence-corrected chi connectivity index (χ1v) is 9.28. The van der Waals surface area contributed by atoms with Crippen molar-refractivity contribution < 1.29 is 0 Å². The van der Waals surface area contributed by atoms with E-state index in [1.807, 2.05) is 29.2 Å². The van der Waals surface area contributed by atoms with Gasteiger partial charge in [-0.15, -0.1) is 11.3 Å². The predicted octanol–water partition coefficient (Wildman–Crippen LogP) is 4.89. The topological polar surface area (TPSA) is 42.7 Å². The van der Waals surface area contributed by atoms with Crippen LogP contribution in [0.1, 0.15) is 37.2 Å². The van der Waals surface area contributed by atoms with E-state index in [2.05, 4.69) is 65.0 Å². The minimum Gasteiger partial charge on any atom is -0.302 e. The molecule has 126 valence electrons. The van der Waals surface area contributed by atoms with Crippen molar-refractivity contribution >= 4 is 21.4 Å². The van der Waals surface area contributed by atoms with Crippen LogP contribution in [0.3, 0.4) is 0 Å². The molecule has 3 heterocycles. The number of fused-ring (bicyclic) bond motifs is 1. The minimum absolute atomic E-state index is 0.143. The van der Waals surface area contributed by atoms with E-state index < -0.39 is 0 Å². The van der Waals surface area contributed by atoms with Crippen molar-refractivity contribution in [3.63, 3.8) is 0 Å². The quantitative estimate of drug-likeness (QED) is 0.558. The molecular weight excluding hydrogens is 328 g/mol. The number of benzene rings is 1. The molecule has 0 radical (unpaired) electrons. The van der Waals surface area contributed by atoms with Gasteiger partial charge in [0.1, 0.15) is 0 Å². The molecule has 0 bridgehead atoms. The Morgan fingerprint density at radius 2 is 1.92 bits per heavy atom. The van der Waals surface area contributed by atoms with Crippen LogP contribution in [0, 0.1) is 0 Å². The van der Waals surface area contributed by atoms with Crippen LogP contribution in [0.5, 0.6) is 0 Å². The molecular formula is C20H20N4S. The number of nitrogens with one attached hydrogen (secondary N) is 1. The van der Waals surface area contributed by atoms with E-state index in [0.717, 1.165) is 11.4 Å². The van der Waals surface area contributed by atoms with E-state index in [-0.39, 0.29) is 12.1 Å². The zero-order valence-electron chi connectivity index (χ0n) is 14.3. The summed E-state index contributed by atoms with van der Waals surface area (Å²) in [6.07, 6.45) is 5.57. The standard InChI is InChI=1S/C20H20N4S/c1-14(18-13-25-20-7-4-3-6-17(18)20)23-15(2)19-12-16(8-10-21-19)24-11-5-9-22-24/h3-15,23H,1-2H3. The van der Waals surface area contributed by atoms with Gasteiger partial charge in [-0.05, 0) is 54.4 Å². The van der Waals surface area contributed by atoms with Gasteiger partial charge in [0.15, 0.2) is 0 Å². The van der Waals surface area contributed by atoms with Gasteiger partial charge in [-0.1, -0.05) is 18.2 Å². The molecule has 0 aliphatic rings. The van der Waals surface area contributed by atoms with E-state index in [1.165, 1.54) is 15.6 Å². The van der Waals surface area contributed by atoms with Crippen LogP contribution in [0.15, 0.2) is 66.4 Å². The van der Waals surface area contributed by atoms with E-state index in [9.17, 15) is 0 Å². The lowest BCUT2D eigenvalue weighted by Gasteiger charge is -2.20. The second kappa shape index (κ2) is 6.78. The van der Waals surface area contributed by atoms with E-state index >= 15 is 0 Å². The molecule has 0 amide bonds. The molecule has 0 aliphatic heterocycles. The average Bonchev–Trinajstić information content (AvgIpc) is 3.31. The summed E-state index contributed by atoms with van der Waals surface area (Å²) in [4.78, 5) is 4.54. The number of hydrogen-bond acceptors (Lipinski definition) is 4. The molecule has 4 rings (SSSR count). The number of hydrogen-bond donors (Lipinski definition) is 1. The molecule has 0 saturated carbocycles. The fraction of sp³-hybridized carbons (Fsp3) is 0.200. The SMILES string of the molecule is CC(NC(C)c1csc2ccccc12)c1cc(-n2cccn2)ccn1. The van der Waals surface area contributed by atoms with Crippen LogP contribution in [0.4, 0.5) is 0 Å². The van der Waals surface area contributed by atoms with Crippen LogP contribution < -0.4 is 5.32 Å². The van der Waals surface area contributed by atoms with Gasteiger partial charge in [-0.2, -0.15) is 5.10 Å². The highest BCUT2D eigenvalue weighted by molar-refractivity contribution is 7.17. The van der Waals surface area contributed by atoms with Gasteiger partial charge in [0, 0.05) is 35.4 Å². The van der Waals surface area contributed by atoms with E-state index in [0.29, 0.717) is 0 Å². The second-order valence-electron chi connectivity index (χ2n) is 6.19. The number of rotatable bonds is 5. The third-order valence-corrected chi connectivity index (χ3v) is 5.44. The molecule has 25 heavy (non-hydrogen) atoms. The summed E-state index contributed by atoms with van der Waals surface area (Å²) in [6.45, 7) is 4.36. The zero-order chi connectivity index (χ0) is 17.2. The lowest BCUT2D eigenvalue weighted by Crippen LogP contribution is -2.23. The Morgan fingerprint density at radius 3 is 2.76 bits per heavy atom. The Morgan fingerprint density at radius 1 is 1.04 bits per heavy atom. The molecule has 5 heteroatoms. The van der Waals surface area contributed by atoms with E-state index in [4.69, 9.17) is 0 Å². The molecule has 3 aromatic heterocycles. The monoisotopic (exact) mass is 348 g/mol. The number of aromatic nitrogens is 3. The maximum Gasteiger partial charge on any atom is 0.0679 e. The third kappa shape index (κ3) is 3.21. The van der Waals surface area contributed by atoms with Crippen molar-refractivity contribution in [3.8, 4) is 5.69 Å². The summed E-state index contributed by atoms with van der Waals surface area (Å²) in [7, 11) is 0. The fourth-order valence-corrected chi connectivity index (χ4v) is 4.18. The number of thiophene rings is 1. The summed E-state index contributed by atoms with van der Waals surface area (Å²) >= 11 is 1.80. The molecule has 4 nitrogen and oxygen atoms in total. The summed E-state index contributed by atoms with van der Waals surface area (Å²) in [5, 5.41) is 11.6. The highest BCUT2D eigenvalue weighted by Gasteiger charge is 2.16. The van der Waals surface area contributed by atoms with Crippen LogP contribution in [-0.4, -0.2) is 14.8 Å². The Bertz CT molecular complexity index is 974. The highest BCUT2D eigenvalue weighted by atomic mass is 32.1. The molecule has 0 spiro atoms. The Hall–Kier alpha value is -2.50. The van der Waals surface area contributed by atoms with Gasteiger partial charge < -0.3 is 5.32 Å². The molecule has 4 aromatic rings. The van der Waals surface area contributed by atoms with Gasteiger partial charge in [0.05, 0.1) is 11.4 Å². The number of pyridine rings is 1. The van der Waals surface area contributed by atoms with Crippen LogP contribution in [-0.2, 0) is 0 Å². The van der Waals surface area contributed by atoms with Gasteiger partial charge in [0.25, 0.3) is 0 Å². The molecule has 2 unspecified atom stereocenters. The van der Waals surface area contributed by atoms with E-state index in [1.54, 1.807) is 17.5 Å². The lowest BCUT2D eigenvalue weighted by atomic mass is 10.1. The maximum atomic E-state index is 4.54. The first-order valence-electron chi connectivity index (χ1n) is 8.40.